The van der Waals surface area contributed by atoms with Gasteiger partial charge in [0.05, 0.1) is 26.4 Å². The van der Waals surface area contributed by atoms with Crippen LogP contribution < -0.4 is 0 Å². The van der Waals surface area contributed by atoms with Crippen LogP contribution in [0.3, 0.4) is 0 Å². The van der Waals surface area contributed by atoms with E-state index in [1.807, 2.05) is 0 Å². The van der Waals surface area contributed by atoms with Gasteiger partial charge < -0.3 is 9.47 Å². The van der Waals surface area contributed by atoms with E-state index in [9.17, 15) is 0 Å². The second-order valence-electron chi connectivity index (χ2n) is 1.48. The maximum absolute atomic E-state index is 8.70. The first-order chi connectivity index (χ1) is 4.73. The largest absolute Gasteiger partial charge is 0.692 e. The van der Waals surface area contributed by atoms with Gasteiger partial charge in [0.1, 0.15) is 0 Å². The minimum Gasteiger partial charge on any atom is -0.377 e. The smallest absolute Gasteiger partial charge is 0.377 e. The quantitative estimate of drug-likeness (QED) is 0.485. The second kappa shape index (κ2) is 7.05. The van der Waals surface area contributed by atoms with Gasteiger partial charge in [0.2, 0.25) is 0 Å². The number of hydrogen-bond donors (Lipinski definition) is 2. The van der Waals surface area contributed by atoms with E-state index in [0.717, 1.165) is 26.4 Å². The van der Waals surface area contributed by atoms with Crippen LogP contribution in [0.2, 0.25) is 0 Å². The SMILES string of the molecule is C1COCCO1.O=[P+](O)O. The highest BCUT2D eigenvalue weighted by Gasteiger charge is 1.94. The van der Waals surface area contributed by atoms with Crippen molar-refractivity contribution in [3.05, 3.63) is 0 Å². The fourth-order valence-electron chi connectivity index (χ4n) is 0.440. The minimum absolute atomic E-state index is 0.778. The summed E-state index contributed by atoms with van der Waals surface area (Å²) in [5, 5.41) is 0. The standard InChI is InChI=1S/C4H8O2.HO3P/c1-2-6-4-3-5-1;1-4(2)3/h1-4H2;(H-,1,2,3)/p+1. The van der Waals surface area contributed by atoms with Crippen LogP contribution in [0.15, 0.2) is 0 Å². The van der Waals surface area contributed by atoms with Crippen molar-refractivity contribution in [1.82, 2.24) is 0 Å². The zero-order valence-corrected chi connectivity index (χ0v) is 6.29. The Kier molecular flexibility index (Phi) is 7.01. The zero-order chi connectivity index (χ0) is 7.82. The monoisotopic (exact) mass is 169 g/mol. The van der Waals surface area contributed by atoms with Gasteiger partial charge in [-0.3, -0.25) is 0 Å². The summed E-state index contributed by atoms with van der Waals surface area (Å²) in [6, 6.07) is 0. The number of ether oxygens (including phenoxy) is 2. The molecule has 0 aromatic heterocycles. The molecule has 0 atom stereocenters. The third kappa shape index (κ3) is 10.8. The Morgan fingerprint density at radius 3 is 1.30 bits per heavy atom. The summed E-state index contributed by atoms with van der Waals surface area (Å²) in [6.45, 7) is 3.11. The zero-order valence-electron chi connectivity index (χ0n) is 5.39. The van der Waals surface area contributed by atoms with Crippen molar-refractivity contribution in [2.75, 3.05) is 26.4 Å². The van der Waals surface area contributed by atoms with Crippen LogP contribution >= 0.6 is 8.25 Å². The van der Waals surface area contributed by atoms with Gasteiger partial charge >= 0.3 is 8.25 Å². The molecule has 0 spiro atoms. The molecule has 0 aromatic carbocycles. The van der Waals surface area contributed by atoms with Gasteiger partial charge in [0.25, 0.3) is 0 Å². The second-order valence-corrected chi connectivity index (χ2v) is 1.98. The maximum Gasteiger partial charge on any atom is 0.692 e. The van der Waals surface area contributed by atoms with Crippen molar-refractivity contribution < 1.29 is 23.8 Å². The van der Waals surface area contributed by atoms with Gasteiger partial charge in [-0.1, -0.05) is 0 Å². The molecule has 0 unspecified atom stereocenters. The van der Waals surface area contributed by atoms with Gasteiger partial charge in [0.15, 0.2) is 0 Å². The van der Waals surface area contributed by atoms with Gasteiger partial charge in [-0.15, -0.1) is 9.79 Å². The van der Waals surface area contributed by atoms with E-state index in [4.69, 9.17) is 23.8 Å². The Labute approximate surface area is 59.5 Å². The topological polar surface area (TPSA) is 76.0 Å². The lowest BCUT2D eigenvalue weighted by Crippen LogP contribution is -2.16. The van der Waals surface area contributed by atoms with Gasteiger partial charge in [0, 0.05) is 4.57 Å². The lowest BCUT2D eigenvalue weighted by Gasteiger charge is -2.09. The summed E-state index contributed by atoms with van der Waals surface area (Å²) in [5.41, 5.74) is 0. The summed E-state index contributed by atoms with van der Waals surface area (Å²) in [7, 11) is -2.87. The van der Waals surface area contributed by atoms with Crippen molar-refractivity contribution in [3.63, 3.8) is 0 Å². The van der Waals surface area contributed by atoms with Crippen molar-refractivity contribution in [1.29, 1.82) is 0 Å². The molecule has 1 aliphatic heterocycles. The van der Waals surface area contributed by atoms with E-state index in [-0.39, 0.29) is 0 Å². The Balaban J connectivity index is 0.000000180. The average Bonchev–Trinajstić information content (AvgIpc) is 1.90. The number of hydrogen-bond acceptors (Lipinski definition) is 3. The van der Waals surface area contributed by atoms with Crippen LogP contribution in [-0.4, -0.2) is 36.2 Å². The molecule has 1 aliphatic rings. The maximum atomic E-state index is 8.70. The van der Waals surface area contributed by atoms with Gasteiger partial charge in [-0.05, 0) is 0 Å². The summed E-state index contributed by atoms with van der Waals surface area (Å²) in [4.78, 5) is 14.2. The van der Waals surface area contributed by atoms with Crippen LogP contribution in [0.1, 0.15) is 0 Å². The van der Waals surface area contributed by atoms with Crippen molar-refractivity contribution in [3.8, 4) is 0 Å². The van der Waals surface area contributed by atoms with Crippen LogP contribution in [0.4, 0.5) is 0 Å². The molecule has 5 nitrogen and oxygen atoms in total. The minimum atomic E-state index is -2.87. The Morgan fingerprint density at radius 1 is 1.00 bits per heavy atom. The van der Waals surface area contributed by atoms with E-state index in [0.29, 0.717) is 0 Å². The predicted molar refractivity (Wildman–Crippen MR) is 33.7 cm³/mol. The van der Waals surface area contributed by atoms with E-state index >= 15 is 0 Å². The normalized spacial score (nSPS) is 17.0. The first-order valence-corrected chi connectivity index (χ1v) is 3.90. The van der Waals surface area contributed by atoms with Crippen LogP contribution in [-0.2, 0) is 14.0 Å². The highest BCUT2D eigenvalue weighted by molar-refractivity contribution is 7.30. The molecule has 1 heterocycles. The van der Waals surface area contributed by atoms with E-state index in [1.54, 1.807) is 0 Å². The first-order valence-electron chi connectivity index (χ1n) is 2.74. The van der Waals surface area contributed by atoms with Crippen LogP contribution in [0.5, 0.6) is 0 Å². The number of rotatable bonds is 0. The highest BCUT2D eigenvalue weighted by atomic mass is 31.1. The fourth-order valence-corrected chi connectivity index (χ4v) is 0.440. The molecule has 1 rings (SSSR count). The molecule has 6 heteroatoms. The molecule has 0 saturated carbocycles. The van der Waals surface area contributed by atoms with Crippen molar-refractivity contribution in [2.45, 2.75) is 0 Å². The predicted octanol–water partition coefficient (Wildman–Crippen LogP) is -0.338. The van der Waals surface area contributed by atoms with Gasteiger partial charge in [-0.25, -0.2) is 0 Å². The van der Waals surface area contributed by atoms with Crippen LogP contribution in [0.25, 0.3) is 0 Å². The molecular formula is C4H10O5P+. The lowest BCUT2D eigenvalue weighted by atomic mass is 10.6. The van der Waals surface area contributed by atoms with Crippen molar-refractivity contribution >= 4 is 8.25 Å². The molecule has 1 fully saturated rings. The molecule has 0 bridgehead atoms. The summed E-state index contributed by atoms with van der Waals surface area (Å²) in [5.74, 6) is 0. The lowest BCUT2D eigenvalue weighted by molar-refractivity contribution is -0.0334. The molecule has 0 aromatic rings. The van der Waals surface area contributed by atoms with E-state index in [1.165, 1.54) is 0 Å². The average molecular weight is 169 g/mol. The molecule has 1 saturated heterocycles. The molecule has 0 amide bonds. The van der Waals surface area contributed by atoms with E-state index in [2.05, 4.69) is 0 Å². The van der Waals surface area contributed by atoms with E-state index < -0.39 is 8.25 Å². The molecule has 10 heavy (non-hydrogen) atoms. The molecule has 0 aliphatic carbocycles. The molecule has 2 N–H and O–H groups in total. The highest BCUT2D eigenvalue weighted by Crippen LogP contribution is 1.98. The van der Waals surface area contributed by atoms with Crippen molar-refractivity contribution in [2.24, 2.45) is 0 Å². The Hall–Kier alpha value is -0.0600. The molecular weight excluding hydrogens is 159 g/mol. The van der Waals surface area contributed by atoms with Crippen LogP contribution in [0, 0.1) is 0 Å². The Bertz CT molecular complexity index is 76.1. The fraction of sp³-hybridized carbons (Fsp3) is 1.00. The molecule has 0 radical (unpaired) electrons. The third-order valence-electron chi connectivity index (χ3n) is 0.744. The summed E-state index contributed by atoms with van der Waals surface area (Å²) < 4.78 is 18.6. The summed E-state index contributed by atoms with van der Waals surface area (Å²) >= 11 is 0. The molecule has 60 valence electrons. The van der Waals surface area contributed by atoms with Gasteiger partial charge in [-0.2, -0.15) is 0 Å². The third-order valence-corrected chi connectivity index (χ3v) is 0.744. The Morgan fingerprint density at radius 2 is 1.20 bits per heavy atom. The first kappa shape index (κ1) is 9.94. The summed E-state index contributed by atoms with van der Waals surface area (Å²) in [6.07, 6.45) is 0.